The van der Waals surface area contributed by atoms with E-state index in [9.17, 15) is 9.59 Å². The van der Waals surface area contributed by atoms with Gasteiger partial charge in [-0.3, -0.25) is 9.59 Å². The van der Waals surface area contributed by atoms with Crippen LogP contribution in [-0.4, -0.2) is 16.8 Å². The third-order valence-electron chi connectivity index (χ3n) is 3.86. The zero-order valence-electron chi connectivity index (χ0n) is 14.4. The van der Waals surface area contributed by atoms with Crippen LogP contribution in [0.15, 0.2) is 65.4 Å². The molecule has 0 unspecified atom stereocenters. The first-order valence-corrected chi connectivity index (χ1v) is 8.33. The Morgan fingerprint density at radius 1 is 1.04 bits per heavy atom. The van der Waals surface area contributed by atoms with Gasteiger partial charge in [0.15, 0.2) is 12.1 Å². The average molecular weight is 349 g/mol. The van der Waals surface area contributed by atoms with Gasteiger partial charge in [-0.15, -0.1) is 0 Å². The van der Waals surface area contributed by atoms with E-state index in [1.165, 1.54) is 6.39 Å². The topological polar surface area (TPSA) is 84.2 Å². The molecule has 6 heteroatoms. The molecule has 26 heavy (non-hydrogen) atoms. The molecular formula is C20H19N3O3. The van der Waals surface area contributed by atoms with Crippen LogP contribution in [0.1, 0.15) is 39.1 Å². The van der Waals surface area contributed by atoms with Crippen LogP contribution in [0.25, 0.3) is 0 Å². The van der Waals surface area contributed by atoms with Gasteiger partial charge >= 0.3 is 0 Å². The second-order valence-corrected chi connectivity index (χ2v) is 5.68. The van der Waals surface area contributed by atoms with Gasteiger partial charge in [0.2, 0.25) is 0 Å². The van der Waals surface area contributed by atoms with Crippen LogP contribution in [0, 0.1) is 0 Å². The number of anilines is 1. The van der Waals surface area contributed by atoms with Crippen molar-refractivity contribution < 1.29 is 14.0 Å². The molecule has 6 nitrogen and oxygen atoms in total. The third-order valence-corrected chi connectivity index (χ3v) is 3.86. The zero-order valence-corrected chi connectivity index (χ0v) is 14.4. The molecule has 0 bridgehead atoms. The number of carbonyl (C=O) groups is 2. The SMILES string of the molecule is CCc1ocnc1C(=O)Nc1cccc(C(=O)NCc2ccccc2)c1. The predicted molar refractivity (Wildman–Crippen MR) is 97.9 cm³/mol. The molecule has 2 amide bonds. The molecule has 2 aromatic carbocycles. The number of nitrogens with zero attached hydrogens (tertiary/aromatic N) is 1. The molecule has 0 aliphatic carbocycles. The first-order chi connectivity index (χ1) is 12.7. The number of rotatable bonds is 6. The van der Waals surface area contributed by atoms with Gasteiger partial charge in [0.05, 0.1) is 0 Å². The Morgan fingerprint density at radius 2 is 1.85 bits per heavy atom. The highest BCUT2D eigenvalue weighted by Crippen LogP contribution is 2.14. The lowest BCUT2D eigenvalue weighted by atomic mass is 10.1. The highest BCUT2D eigenvalue weighted by molar-refractivity contribution is 6.04. The van der Waals surface area contributed by atoms with Crippen LogP contribution in [-0.2, 0) is 13.0 Å². The normalized spacial score (nSPS) is 10.3. The lowest BCUT2D eigenvalue weighted by molar-refractivity contribution is 0.0949. The van der Waals surface area contributed by atoms with E-state index in [0.717, 1.165) is 5.56 Å². The maximum Gasteiger partial charge on any atom is 0.277 e. The quantitative estimate of drug-likeness (QED) is 0.714. The molecule has 0 aliphatic rings. The van der Waals surface area contributed by atoms with E-state index in [1.807, 2.05) is 37.3 Å². The summed E-state index contributed by atoms with van der Waals surface area (Å²) < 4.78 is 5.17. The zero-order chi connectivity index (χ0) is 18.4. The third kappa shape index (κ3) is 4.16. The van der Waals surface area contributed by atoms with E-state index in [4.69, 9.17) is 4.42 Å². The smallest absolute Gasteiger partial charge is 0.277 e. The highest BCUT2D eigenvalue weighted by Gasteiger charge is 2.16. The minimum absolute atomic E-state index is 0.208. The van der Waals surface area contributed by atoms with Gasteiger partial charge < -0.3 is 15.1 Å². The van der Waals surface area contributed by atoms with Gasteiger partial charge in [0.1, 0.15) is 5.76 Å². The number of nitrogens with one attached hydrogen (secondary N) is 2. The van der Waals surface area contributed by atoms with Crippen LogP contribution in [0.3, 0.4) is 0 Å². The van der Waals surface area contributed by atoms with Crippen LogP contribution >= 0.6 is 0 Å². The molecule has 3 aromatic rings. The van der Waals surface area contributed by atoms with Crippen molar-refractivity contribution in [3.05, 3.63) is 83.6 Å². The lowest BCUT2D eigenvalue weighted by Crippen LogP contribution is -2.23. The fraction of sp³-hybridized carbons (Fsp3) is 0.150. The van der Waals surface area contributed by atoms with Gasteiger partial charge in [0, 0.05) is 24.2 Å². The van der Waals surface area contributed by atoms with E-state index in [2.05, 4.69) is 15.6 Å². The fourth-order valence-corrected chi connectivity index (χ4v) is 2.52. The molecule has 0 atom stereocenters. The molecule has 132 valence electrons. The summed E-state index contributed by atoms with van der Waals surface area (Å²) >= 11 is 0. The number of carbonyl (C=O) groups excluding carboxylic acids is 2. The van der Waals surface area contributed by atoms with Crippen molar-refractivity contribution in [2.75, 3.05) is 5.32 Å². The van der Waals surface area contributed by atoms with E-state index in [0.29, 0.717) is 30.0 Å². The van der Waals surface area contributed by atoms with Crippen molar-refractivity contribution in [3.8, 4) is 0 Å². The van der Waals surface area contributed by atoms with Crippen molar-refractivity contribution in [3.63, 3.8) is 0 Å². The largest absolute Gasteiger partial charge is 0.448 e. The van der Waals surface area contributed by atoms with Gasteiger partial charge in [-0.05, 0) is 23.8 Å². The van der Waals surface area contributed by atoms with Crippen molar-refractivity contribution >= 4 is 17.5 Å². The molecule has 0 aliphatic heterocycles. The Hall–Kier alpha value is -3.41. The lowest BCUT2D eigenvalue weighted by Gasteiger charge is -2.08. The fourth-order valence-electron chi connectivity index (χ4n) is 2.52. The Morgan fingerprint density at radius 3 is 2.62 bits per heavy atom. The maximum atomic E-state index is 12.3. The highest BCUT2D eigenvalue weighted by atomic mass is 16.3. The number of amides is 2. The van der Waals surface area contributed by atoms with Gasteiger partial charge in [-0.25, -0.2) is 4.98 Å². The van der Waals surface area contributed by atoms with Crippen molar-refractivity contribution in [1.82, 2.24) is 10.3 Å². The molecule has 3 rings (SSSR count). The number of hydrogen-bond donors (Lipinski definition) is 2. The molecular weight excluding hydrogens is 330 g/mol. The minimum Gasteiger partial charge on any atom is -0.448 e. The molecule has 0 saturated carbocycles. The minimum atomic E-state index is -0.363. The molecule has 1 heterocycles. The second kappa shape index (κ2) is 8.11. The maximum absolute atomic E-state index is 12.3. The summed E-state index contributed by atoms with van der Waals surface area (Å²) in [7, 11) is 0. The Bertz CT molecular complexity index is 903. The summed E-state index contributed by atoms with van der Waals surface area (Å²) in [6.45, 7) is 2.32. The number of oxazole rings is 1. The second-order valence-electron chi connectivity index (χ2n) is 5.68. The Kier molecular flexibility index (Phi) is 5.43. The summed E-state index contributed by atoms with van der Waals surface area (Å²) in [4.78, 5) is 28.6. The number of aryl methyl sites for hydroxylation is 1. The van der Waals surface area contributed by atoms with Crippen LogP contribution in [0.4, 0.5) is 5.69 Å². The summed E-state index contributed by atoms with van der Waals surface area (Å²) in [6.07, 6.45) is 1.83. The Balaban J connectivity index is 1.66. The first-order valence-electron chi connectivity index (χ1n) is 8.33. The van der Waals surface area contributed by atoms with E-state index >= 15 is 0 Å². The van der Waals surface area contributed by atoms with Crippen LogP contribution < -0.4 is 10.6 Å². The average Bonchev–Trinajstić information content (AvgIpc) is 3.16. The number of benzene rings is 2. The van der Waals surface area contributed by atoms with Crippen molar-refractivity contribution in [2.45, 2.75) is 19.9 Å². The Labute approximate surface area is 151 Å². The van der Waals surface area contributed by atoms with Gasteiger partial charge in [-0.2, -0.15) is 0 Å². The molecule has 0 radical (unpaired) electrons. The molecule has 0 fully saturated rings. The first kappa shape index (κ1) is 17.4. The van der Waals surface area contributed by atoms with E-state index in [1.54, 1.807) is 24.3 Å². The van der Waals surface area contributed by atoms with Crippen molar-refractivity contribution in [1.29, 1.82) is 0 Å². The van der Waals surface area contributed by atoms with E-state index < -0.39 is 0 Å². The standard InChI is InChI=1S/C20H19N3O3/c1-2-17-18(22-13-26-17)20(25)23-16-10-6-9-15(11-16)19(24)21-12-14-7-4-3-5-8-14/h3-11,13H,2,12H2,1H3,(H,21,24)(H,23,25). The summed E-state index contributed by atoms with van der Waals surface area (Å²) in [5.41, 5.74) is 2.26. The predicted octanol–water partition coefficient (Wildman–Crippen LogP) is 3.42. The van der Waals surface area contributed by atoms with E-state index in [-0.39, 0.29) is 17.5 Å². The number of aromatic nitrogens is 1. The van der Waals surface area contributed by atoms with Crippen LogP contribution in [0.5, 0.6) is 0 Å². The molecule has 2 N–H and O–H groups in total. The summed E-state index contributed by atoms with van der Waals surface area (Å²) in [6, 6.07) is 16.4. The van der Waals surface area contributed by atoms with Gasteiger partial charge in [-0.1, -0.05) is 43.3 Å². The van der Waals surface area contributed by atoms with Gasteiger partial charge in [0.25, 0.3) is 11.8 Å². The summed E-state index contributed by atoms with van der Waals surface area (Å²) in [5, 5.41) is 5.61. The number of hydrogen-bond acceptors (Lipinski definition) is 4. The molecule has 0 spiro atoms. The summed E-state index contributed by atoms with van der Waals surface area (Å²) in [5.74, 6) is -0.0441. The van der Waals surface area contributed by atoms with Crippen LogP contribution in [0.2, 0.25) is 0 Å². The molecule has 0 saturated heterocycles. The van der Waals surface area contributed by atoms with Crippen molar-refractivity contribution in [2.24, 2.45) is 0 Å². The monoisotopic (exact) mass is 349 g/mol. The molecule has 1 aromatic heterocycles.